The summed E-state index contributed by atoms with van der Waals surface area (Å²) in [6, 6.07) is -0.851. The average Bonchev–Trinajstić information content (AvgIpc) is 3.35. The molecular formula is C63H120N2O7P+. The van der Waals surface area contributed by atoms with Crippen LogP contribution in [0.5, 0.6) is 0 Å². The van der Waals surface area contributed by atoms with Crippen LogP contribution in [0.1, 0.15) is 290 Å². The van der Waals surface area contributed by atoms with Gasteiger partial charge in [-0.25, -0.2) is 4.57 Å². The number of unbranched alkanes of at least 4 members (excludes halogenated alkanes) is 34. The fourth-order valence-corrected chi connectivity index (χ4v) is 9.64. The van der Waals surface area contributed by atoms with Gasteiger partial charge in [-0.05, 0) is 89.5 Å². The average molecular weight is 1050 g/mol. The zero-order valence-electron chi connectivity index (χ0n) is 48.9. The molecule has 0 aliphatic heterocycles. The van der Waals surface area contributed by atoms with Crippen LogP contribution < -0.4 is 5.32 Å². The lowest BCUT2D eigenvalue weighted by atomic mass is 10.0. The second kappa shape index (κ2) is 53.4. The molecule has 0 spiro atoms. The van der Waals surface area contributed by atoms with E-state index in [9.17, 15) is 19.0 Å². The first kappa shape index (κ1) is 71.0. The van der Waals surface area contributed by atoms with Gasteiger partial charge in [0.2, 0.25) is 5.91 Å². The minimum absolute atomic E-state index is 0.0388. The third-order valence-electron chi connectivity index (χ3n) is 13.7. The van der Waals surface area contributed by atoms with Crippen LogP contribution in [0.4, 0.5) is 0 Å². The lowest BCUT2D eigenvalue weighted by Crippen LogP contribution is -2.47. The Hall–Kier alpha value is -2.03. The molecule has 0 fully saturated rings. The van der Waals surface area contributed by atoms with Gasteiger partial charge in [0.1, 0.15) is 19.3 Å². The van der Waals surface area contributed by atoms with Gasteiger partial charge in [-0.15, -0.1) is 0 Å². The molecule has 0 radical (unpaired) electrons. The van der Waals surface area contributed by atoms with Crippen LogP contribution in [0, 0.1) is 0 Å². The summed E-state index contributed by atoms with van der Waals surface area (Å²) in [5, 5.41) is 3.05. The van der Waals surface area contributed by atoms with Crippen molar-refractivity contribution in [1.29, 1.82) is 0 Å². The number of carbonyl (C=O) groups excluding carboxylic acids is 2. The summed E-state index contributed by atoms with van der Waals surface area (Å²) in [4.78, 5) is 37.7. The molecule has 9 nitrogen and oxygen atoms in total. The zero-order chi connectivity index (χ0) is 53.6. The van der Waals surface area contributed by atoms with Gasteiger partial charge in [0.15, 0.2) is 0 Å². The molecule has 0 aliphatic rings. The van der Waals surface area contributed by atoms with Gasteiger partial charge in [-0.3, -0.25) is 18.6 Å². The van der Waals surface area contributed by atoms with E-state index in [0.717, 1.165) is 77.0 Å². The van der Waals surface area contributed by atoms with Crippen molar-refractivity contribution in [2.24, 2.45) is 0 Å². The van der Waals surface area contributed by atoms with Crippen LogP contribution in [0.15, 0.2) is 48.6 Å². The van der Waals surface area contributed by atoms with Gasteiger partial charge in [-0.1, -0.05) is 237 Å². The van der Waals surface area contributed by atoms with Gasteiger partial charge < -0.3 is 19.4 Å². The normalized spacial score (nSPS) is 14.0. The van der Waals surface area contributed by atoms with Crippen molar-refractivity contribution >= 4 is 19.7 Å². The molecule has 10 heteroatoms. The summed E-state index contributed by atoms with van der Waals surface area (Å²) in [6.07, 6.45) is 65.3. The highest BCUT2D eigenvalue weighted by atomic mass is 31.2. The molecule has 73 heavy (non-hydrogen) atoms. The number of nitrogens with one attached hydrogen (secondary N) is 1. The minimum Gasteiger partial charge on any atom is -0.456 e. The Morgan fingerprint density at radius 3 is 1.27 bits per heavy atom. The van der Waals surface area contributed by atoms with Crippen LogP contribution in [0.25, 0.3) is 0 Å². The highest BCUT2D eigenvalue weighted by molar-refractivity contribution is 7.47. The fourth-order valence-electron chi connectivity index (χ4n) is 8.91. The van der Waals surface area contributed by atoms with Crippen molar-refractivity contribution in [3.63, 3.8) is 0 Å². The molecule has 0 saturated heterocycles. The van der Waals surface area contributed by atoms with Crippen molar-refractivity contribution in [3.8, 4) is 0 Å². The second-order valence-electron chi connectivity index (χ2n) is 22.2. The van der Waals surface area contributed by atoms with Crippen LogP contribution in [0.3, 0.4) is 0 Å². The number of likely N-dealkylation sites (N-methyl/N-ethyl adjacent to an activating group) is 1. The number of phosphoric ester groups is 1. The summed E-state index contributed by atoms with van der Waals surface area (Å²) in [5.41, 5.74) is 0. The molecule has 0 aromatic carbocycles. The van der Waals surface area contributed by atoms with Crippen LogP contribution in [-0.2, 0) is 27.9 Å². The van der Waals surface area contributed by atoms with E-state index in [-0.39, 0.29) is 31.5 Å². The number of ether oxygens (including phenoxy) is 1. The van der Waals surface area contributed by atoms with Crippen molar-refractivity contribution in [1.82, 2.24) is 5.32 Å². The highest BCUT2D eigenvalue weighted by Crippen LogP contribution is 2.43. The van der Waals surface area contributed by atoms with Crippen molar-refractivity contribution in [2.45, 2.75) is 303 Å². The van der Waals surface area contributed by atoms with Crippen LogP contribution >= 0.6 is 7.82 Å². The Morgan fingerprint density at radius 2 is 0.836 bits per heavy atom. The molecule has 0 aliphatic carbocycles. The molecule has 0 rings (SSSR count). The molecule has 0 heterocycles. The number of hydrogen-bond acceptors (Lipinski definition) is 6. The summed E-state index contributed by atoms with van der Waals surface area (Å²) >= 11 is 0. The number of allylic oxidation sites excluding steroid dienone is 7. The predicted molar refractivity (Wildman–Crippen MR) is 314 cm³/mol. The zero-order valence-corrected chi connectivity index (χ0v) is 49.8. The number of nitrogens with zero attached hydrogens (tertiary/aromatic N) is 1. The number of amides is 1. The first-order valence-electron chi connectivity index (χ1n) is 31.0. The van der Waals surface area contributed by atoms with Crippen molar-refractivity contribution < 1.29 is 37.3 Å². The van der Waals surface area contributed by atoms with Crippen LogP contribution in [0.2, 0.25) is 0 Å². The molecule has 0 bridgehead atoms. The van der Waals surface area contributed by atoms with Gasteiger partial charge in [0.25, 0.3) is 0 Å². The molecule has 3 atom stereocenters. The molecule has 428 valence electrons. The Balaban J connectivity index is 5.23. The smallest absolute Gasteiger partial charge is 0.456 e. The maximum absolute atomic E-state index is 13.5. The fraction of sp³-hybridized carbons (Fsp3) is 0.841. The molecule has 0 saturated carbocycles. The van der Waals surface area contributed by atoms with Gasteiger partial charge in [0.05, 0.1) is 33.8 Å². The molecule has 1 amide bonds. The van der Waals surface area contributed by atoms with E-state index in [2.05, 4.69) is 62.5 Å². The van der Waals surface area contributed by atoms with Gasteiger partial charge in [-0.2, -0.15) is 0 Å². The number of esters is 1. The largest absolute Gasteiger partial charge is 0.472 e. The lowest BCUT2D eigenvalue weighted by molar-refractivity contribution is -0.870. The minimum atomic E-state index is -4.45. The molecule has 0 aromatic heterocycles. The lowest BCUT2D eigenvalue weighted by Gasteiger charge is -2.27. The molecule has 3 unspecified atom stereocenters. The standard InChI is InChI=1S/C63H119N2O7P/c1-7-10-13-16-19-22-25-27-29-31-32-34-35-37-40-43-46-49-52-55-62(66)64-60(59-71-73(68,69)70-58-57-65(4,5)6)61(54-51-48-45-42-39-24-21-18-15-12-9-3)72-63(67)56-53-50-47-44-41-38-36-33-30-28-26-23-20-17-14-11-8-2/h20,23,27-30,51,54,60-61H,7-19,21-22,24-26,31-50,52-53,55-59H2,1-6H3,(H-,64,66,68,69)/p+1/b23-20-,29-27+,30-28-,54-51+. The topological polar surface area (TPSA) is 111 Å². The van der Waals surface area contributed by atoms with E-state index in [0.29, 0.717) is 17.4 Å². The van der Waals surface area contributed by atoms with Crippen molar-refractivity contribution in [3.05, 3.63) is 48.6 Å². The summed E-state index contributed by atoms with van der Waals surface area (Å²) < 4.78 is 30.7. The first-order valence-corrected chi connectivity index (χ1v) is 32.5. The SMILES string of the molecule is CCCCC/C=C\C/C=C\CCCCCCCCCC(=O)OC(/C=C/CCCCCCCCCCC)C(COP(=O)(O)OCC[N+](C)(C)C)NC(=O)CCCCCCCCCCC/C=C/CCCCCCCC. The number of quaternary nitrogens is 1. The number of phosphoric acid groups is 1. The number of hydrogen-bond donors (Lipinski definition) is 2. The second-order valence-corrected chi connectivity index (χ2v) is 23.7. The van der Waals surface area contributed by atoms with Gasteiger partial charge in [0, 0.05) is 12.8 Å². The Morgan fingerprint density at radius 1 is 0.479 bits per heavy atom. The Kier molecular flexibility index (Phi) is 51.9. The maximum Gasteiger partial charge on any atom is 0.472 e. The number of rotatable bonds is 56. The summed E-state index contributed by atoms with van der Waals surface area (Å²) in [7, 11) is 1.49. The van der Waals surface area contributed by atoms with E-state index in [1.165, 1.54) is 180 Å². The maximum atomic E-state index is 13.5. The quantitative estimate of drug-likeness (QED) is 0.0205. The molecule has 0 aromatic rings. The number of carbonyl (C=O) groups is 2. The Bertz CT molecular complexity index is 1390. The van der Waals surface area contributed by atoms with E-state index >= 15 is 0 Å². The third-order valence-corrected chi connectivity index (χ3v) is 14.7. The van der Waals surface area contributed by atoms with Crippen molar-refractivity contribution in [2.75, 3.05) is 40.9 Å². The predicted octanol–water partition coefficient (Wildman–Crippen LogP) is 18.9. The van der Waals surface area contributed by atoms with E-state index in [1.807, 2.05) is 33.3 Å². The molecular weight excluding hydrogens is 928 g/mol. The summed E-state index contributed by atoms with van der Waals surface area (Å²) in [6.45, 7) is 6.99. The first-order chi connectivity index (χ1) is 35.4. The van der Waals surface area contributed by atoms with E-state index in [4.69, 9.17) is 13.8 Å². The summed E-state index contributed by atoms with van der Waals surface area (Å²) in [5.74, 6) is -0.510. The highest BCUT2D eigenvalue weighted by Gasteiger charge is 2.30. The van der Waals surface area contributed by atoms with E-state index in [1.54, 1.807) is 0 Å². The third kappa shape index (κ3) is 54.6. The monoisotopic (exact) mass is 1050 g/mol. The molecule has 2 N–H and O–H groups in total. The Labute approximate surface area is 452 Å². The van der Waals surface area contributed by atoms with Crippen LogP contribution in [-0.4, -0.2) is 74.3 Å². The van der Waals surface area contributed by atoms with Gasteiger partial charge >= 0.3 is 13.8 Å². The van der Waals surface area contributed by atoms with E-state index < -0.39 is 20.0 Å².